The summed E-state index contributed by atoms with van der Waals surface area (Å²) in [7, 11) is 0. The molecule has 1 aromatic heterocycles. The van der Waals surface area contributed by atoms with Crippen molar-refractivity contribution in [2.45, 2.75) is 39.7 Å². The van der Waals surface area contributed by atoms with E-state index in [-0.39, 0.29) is 11.9 Å². The monoisotopic (exact) mass is 372 g/mol. The predicted octanol–water partition coefficient (Wildman–Crippen LogP) is 2.58. The Hall–Kier alpha value is -2.05. The van der Waals surface area contributed by atoms with E-state index in [9.17, 15) is 9.50 Å². The second kappa shape index (κ2) is 8.76. The lowest BCUT2D eigenvalue weighted by atomic mass is 10.0. The van der Waals surface area contributed by atoms with Crippen LogP contribution in [0.5, 0.6) is 0 Å². The zero-order valence-corrected chi connectivity index (χ0v) is 16.5. The summed E-state index contributed by atoms with van der Waals surface area (Å²) in [5.41, 5.74) is 3.26. The van der Waals surface area contributed by atoms with E-state index in [0.29, 0.717) is 13.0 Å². The maximum atomic E-state index is 13.3. The molecule has 0 amide bonds. The van der Waals surface area contributed by atoms with Gasteiger partial charge in [0.2, 0.25) is 0 Å². The molecule has 1 aliphatic rings. The minimum atomic E-state index is -0.307. The summed E-state index contributed by atoms with van der Waals surface area (Å²) in [4.78, 5) is 14.0. The van der Waals surface area contributed by atoms with Crippen molar-refractivity contribution in [3.8, 4) is 0 Å². The first kappa shape index (κ1) is 19.7. The molecule has 1 aliphatic heterocycles. The Morgan fingerprint density at radius 3 is 2.37 bits per heavy atom. The number of hydrogen-bond donors (Lipinski definition) is 1. The molecule has 27 heavy (non-hydrogen) atoms. The summed E-state index contributed by atoms with van der Waals surface area (Å²) >= 11 is 0. The van der Waals surface area contributed by atoms with Gasteiger partial charge in [-0.2, -0.15) is 0 Å². The zero-order chi connectivity index (χ0) is 19.4. The summed E-state index contributed by atoms with van der Waals surface area (Å²) in [5, 5.41) is 9.62. The van der Waals surface area contributed by atoms with Crippen LogP contribution in [0.1, 0.15) is 36.5 Å². The summed E-state index contributed by atoms with van der Waals surface area (Å²) in [6.07, 6.45) is 1.24. The van der Waals surface area contributed by atoms with Gasteiger partial charge >= 0.3 is 0 Å². The number of rotatable bonds is 6. The van der Waals surface area contributed by atoms with E-state index in [2.05, 4.69) is 21.7 Å². The number of nitrogens with zero attached hydrogens (tertiary/aromatic N) is 4. The third kappa shape index (κ3) is 5.02. The summed E-state index contributed by atoms with van der Waals surface area (Å²) in [5.74, 6) is 1.57. The van der Waals surface area contributed by atoms with Gasteiger partial charge in [-0.1, -0.05) is 19.1 Å². The lowest BCUT2D eigenvalue weighted by Gasteiger charge is -2.37. The second-order valence-corrected chi connectivity index (χ2v) is 7.31. The third-order valence-corrected chi connectivity index (χ3v) is 5.01. The smallest absolute Gasteiger partial charge is 0.136 e. The number of hydrogen-bond acceptors (Lipinski definition) is 5. The van der Waals surface area contributed by atoms with Gasteiger partial charge in [-0.05, 0) is 38.0 Å². The fraction of sp³-hybridized carbons (Fsp3) is 0.524. The van der Waals surface area contributed by atoms with Crippen LogP contribution in [-0.4, -0.2) is 58.8 Å². The van der Waals surface area contributed by atoms with Gasteiger partial charge in [0.1, 0.15) is 17.5 Å². The molecule has 2 aromatic rings. The summed E-state index contributed by atoms with van der Waals surface area (Å²) < 4.78 is 13.3. The van der Waals surface area contributed by atoms with Crippen LogP contribution in [0, 0.1) is 12.7 Å². The number of β-amino-alcohol motifs (C(OH)–C–C–N with tert-alkyl or cyclic N) is 1. The van der Waals surface area contributed by atoms with Gasteiger partial charge in [-0.3, -0.25) is 4.90 Å². The highest BCUT2D eigenvalue weighted by atomic mass is 19.1. The van der Waals surface area contributed by atoms with E-state index >= 15 is 0 Å². The van der Waals surface area contributed by atoms with E-state index in [4.69, 9.17) is 4.98 Å². The Balaban J connectivity index is 1.85. The van der Waals surface area contributed by atoms with Crippen LogP contribution in [0.3, 0.4) is 0 Å². The highest BCUT2D eigenvalue weighted by Gasteiger charge is 2.23. The molecule has 0 aliphatic carbocycles. The number of aliphatic hydroxyl groups is 1. The van der Waals surface area contributed by atoms with Crippen molar-refractivity contribution in [1.29, 1.82) is 0 Å². The summed E-state index contributed by atoms with van der Waals surface area (Å²) in [6, 6.07) is 6.67. The first-order valence-corrected chi connectivity index (χ1v) is 9.72. The Bertz CT molecular complexity index is 756. The van der Waals surface area contributed by atoms with Gasteiger partial charge in [0, 0.05) is 50.4 Å². The quantitative estimate of drug-likeness (QED) is 0.845. The fourth-order valence-electron chi connectivity index (χ4n) is 3.69. The van der Waals surface area contributed by atoms with Crippen molar-refractivity contribution in [2.75, 3.05) is 37.6 Å². The highest BCUT2D eigenvalue weighted by molar-refractivity contribution is 5.52. The molecular weight excluding hydrogens is 343 g/mol. The topological polar surface area (TPSA) is 52.5 Å². The zero-order valence-electron chi connectivity index (χ0n) is 16.5. The molecule has 6 heteroatoms. The van der Waals surface area contributed by atoms with E-state index in [1.807, 2.05) is 26.0 Å². The van der Waals surface area contributed by atoms with Crippen molar-refractivity contribution in [2.24, 2.45) is 0 Å². The molecule has 1 fully saturated rings. The van der Waals surface area contributed by atoms with Crippen LogP contribution < -0.4 is 4.90 Å². The highest BCUT2D eigenvalue weighted by Crippen LogP contribution is 2.26. The lowest BCUT2D eigenvalue weighted by Crippen LogP contribution is -2.49. The number of halogens is 1. The molecule has 0 unspecified atom stereocenters. The minimum absolute atomic E-state index is 0.218. The van der Waals surface area contributed by atoms with Crippen molar-refractivity contribution >= 4 is 5.82 Å². The van der Waals surface area contributed by atoms with Gasteiger partial charge in [-0.15, -0.1) is 0 Å². The molecule has 0 radical (unpaired) electrons. The second-order valence-electron chi connectivity index (χ2n) is 7.31. The largest absolute Gasteiger partial charge is 0.392 e. The lowest BCUT2D eigenvalue weighted by molar-refractivity contribution is 0.122. The predicted molar refractivity (Wildman–Crippen MR) is 106 cm³/mol. The Morgan fingerprint density at radius 1 is 1.11 bits per heavy atom. The van der Waals surface area contributed by atoms with Gasteiger partial charge in [0.25, 0.3) is 0 Å². The van der Waals surface area contributed by atoms with Gasteiger partial charge in [0.05, 0.1) is 6.10 Å². The van der Waals surface area contributed by atoms with E-state index < -0.39 is 0 Å². The standard InChI is InChI=1S/C21H29FN4O/c1-4-20-19(13-17-5-7-18(22)8-6-17)21(24-16(3)23-20)26-11-9-25(10-12-26)14-15(2)27/h5-8,15,27H,4,9-14H2,1-3H3/t15-/m0/s1. The van der Waals surface area contributed by atoms with Crippen LogP contribution in [-0.2, 0) is 12.8 Å². The van der Waals surface area contributed by atoms with Crippen molar-refractivity contribution in [3.63, 3.8) is 0 Å². The molecule has 2 heterocycles. The van der Waals surface area contributed by atoms with Crippen molar-refractivity contribution in [3.05, 3.63) is 52.7 Å². The molecule has 146 valence electrons. The number of aromatic nitrogens is 2. The molecule has 0 bridgehead atoms. The molecule has 3 rings (SSSR count). The van der Waals surface area contributed by atoms with Gasteiger partial charge in [0.15, 0.2) is 0 Å². The van der Waals surface area contributed by atoms with Crippen molar-refractivity contribution < 1.29 is 9.50 Å². The molecule has 1 atom stereocenters. The van der Waals surface area contributed by atoms with Gasteiger partial charge < -0.3 is 10.0 Å². The van der Waals surface area contributed by atoms with Crippen LogP contribution in [0.2, 0.25) is 0 Å². The molecular formula is C21H29FN4O. The first-order valence-electron chi connectivity index (χ1n) is 9.72. The Kier molecular flexibility index (Phi) is 6.39. The fourth-order valence-corrected chi connectivity index (χ4v) is 3.69. The maximum Gasteiger partial charge on any atom is 0.136 e. The molecule has 1 aromatic carbocycles. The van der Waals surface area contributed by atoms with Crippen molar-refractivity contribution in [1.82, 2.24) is 14.9 Å². The third-order valence-electron chi connectivity index (χ3n) is 5.01. The van der Waals surface area contributed by atoms with E-state index in [1.54, 1.807) is 0 Å². The van der Waals surface area contributed by atoms with E-state index in [1.165, 1.54) is 12.1 Å². The number of aliphatic hydroxyl groups excluding tert-OH is 1. The number of aryl methyl sites for hydroxylation is 2. The first-order chi connectivity index (χ1) is 13.0. The maximum absolute atomic E-state index is 13.3. The molecule has 0 spiro atoms. The normalized spacial score (nSPS) is 16.6. The summed E-state index contributed by atoms with van der Waals surface area (Å²) in [6.45, 7) is 10.2. The molecule has 1 N–H and O–H groups in total. The Morgan fingerprint density at radius 2 is 1.78 bits per heavy atom. The Labute approximate surface area is 160 Å². The molecule has 5 nitrogen and oxygen atoms in total. The number of benzene rings is 1. The molecule has 1 saturated heterocycles. The van der Waals surface area contributed by atoms with Gasteiger partial charge in [-0.25, -0.2) is 14.4 Å². The van der Waals surface area contributed by atoms with Crippen LogP contribution in [0.4, 0.5) is 10.2 Å². The van der Waals surface area contributed by atoms with Crippen LogP contribution in [0.15, 0.2) is 24.3 Å². The van der Waals surface area contributed by atoms with Crippen LogP contribution >= 0.6 is 0 Å². The van der Waals surface area contributed by atoms with Crippen LogP contribution in [0.25, 0.3) is 0 Å². The van der Waals surface area contributed by atoms with E-state index in [0.717, 1.165) is 61.1 Å². The SMILES string of the molecule is CCc1nc(C)nc(N2CCN(C[C@H](C)O)CC2)c1Cc1ccc(F)cc1. The average molecular weight is 372 g/mol. The molecule has 0 saturated carbocycles. The minimum Gasteiger partial charge on any atom is -0.392 e. The number of piperazine rings is 1. The number of anilines is 1. The average Bonchev–Trinajstić information content (AvgIpc) is 2.64.